The highest BCUT2D eigenvalue weighted by Crippen LogP contribution is 2.43. The van der Waals surface area contributed by atoms with Crippen LogP contribution in [0.2, 0.25) is 0 Å². The molecule has 1 atom stereocenters. The van der Waals surface area contributed by atoms with E-state index in [4.69, 9.17) is 9.47 Å². The summed E-state index contributed by atoms with van der Waals surface area (Å²) in [5.41, 5.74) is 2.46. The number of benzene rings is 2. The number of aliphatic hydroxyl groups excluding tert-OH is 1. The second kappa shape index (κ2) is 9.27. The number of rotatable bonds is 6. The number of Topliss-reactive ketones (excluding diaryl/α,β-unsaturated/α-hetero) is 1. The molecule has 0 radical (unpaired) electrons. The lowest BCUT2D eigenvalue weighted by molar-refractivity contribution is -0.132. The zero-order valence-corrected chi connectivity index (χ0v) is 19.4. The number of methoxy groups -OCH3 is 2. The number of amides is 1. The van der Waals surface area contributed by atoms with Gasteiger partial charge in [0, 0.05) is 43.4 Å². The Balaban J connectivity index is 1.89. The molecule has 174 valence electrons. The van der Waals surface area contributed by atoms with E-state index in [1.807, 2.05) is 31.1 Å². The summed E-state index contributed by atoms with van der Waals surface area (Å²) in [5.74, 6) is -0.924. The predicted molar refractivity (Wildman–Crippen MR) is 129 cm³/mol. The number of ether oxygens (including phenoxy) is 2. The maximum absolute atomic E-state index is 13.3. The third-order valence-electron chi connectivity index (χ3n) is 5.77. The summed E-state index contributed by atoms with van der Waals surface area (Å²) in [6, 6.07) is 14.7. The molecule has 0 saturated carbocycles. The molecular weight excluding hydrogens is 434 g/mol. The molecule has 4 rings (SSSR count). The van der Waals surface area contributed by atoms with Crippen molar-refractivity contribution in [2.24, 2.45) is 0 Å². The molecule has 1 aliphatic rings. The third-order valence-corrected chi connectivity index (χ3v) is 5.77. The number of hydrogen-bond donors (Lipinski definition) is 1. The van der Waals surface area contributed by atoms with E-state index in [-0.39, 0.29) is 11.3 Å². The van der Waals surface area contributed by atoms with Gasteiger partial charge in [-0.15, -0.1) is 0 Å². The molecule has 1 unspecified atom stereocenters. The molecule has 34 heavy (non-hydrogen) atoms. The fourth-order valence-electron chi connectivity index (χ4n) is 4.01. The smallest absolute Gasteiger partial charge is 0.300 e. The molecule has 1 aliphatic heterocycles. The minimum atomic E-state index is -0.832. The maximum atomic E-state index is 13.3. The van der Waals surface area contributed by atoms with Crippen LogP contribution in [0.15, 0.2) is 72.6 Å². The van der Waals surface area contributed by atoms with Crippen molar-refractivity contribution in [2.75, 3.05) is 38.1 Å². The Bertz CT molecular complexity index is 1250. The average molecular weight is 460 g/mol. The second-order valence-electron chi connectivity index (χ2n) is 7.93. The van der Waals surface area contributed by atoms with Crippen LogP contribution in [0.4, 0.5) is 11.4 Å². The van der Waals surface area contributed by atoms with Crippen LogP contribution in [0, 0.1) is 0 Å². The second-order valence-corrected chi connectivity index (χ2v) is 7.93. The van der Waals surface area contributed by atoms with Crippen molar-refractivity contribution in [1.29, 1.82) is 0 Å². The van der Waals surface area contributed by atoms with Gasteiger partial charge < -0.3 is 19.5 Å². The standard InChI is InChI=1S/C26H25N3O5/c1-28(2)18-6-8-19(9-7-18)29-23(16-11-13-27-14-12-16)22(25(31)26(29)32)24(30)17-5-10-20(33-3)21(15-17)34-4/h5-15,23,30H,1-4H3/b24-22-. The Morgan fingerprint density at radius 1 is 0.941 bits per heavy atom. The highest BCUT2D eigenvalue weighted by molar-refractivity contribution is 6.51. The number of carbonyl (C=O) groups excluding carboxylic acids is 2. The fraction of sp³-hybridized carbons (Fsp3) is 0.192. The summed E-state index contributed by atoms with van der Waals surface area (Å²) in [5, 5.41) is 11.3. The van der Waals surface area contributed by atoms with Crippen molar-refractivity contribution in [3.05, 3.63) is 83.7 Å². The minimum absolute atomic E-state index is 0.0138. The lowest BCUT2D eigenvalue weighted by atomic mass is 9.95. The van der Waals surface area contributed by atoms with Gasteiger partial charge in [0.15, 0.2) is 11.5 Å². The van der Waals surface area contributed by atoms with E-state index < -0.39 is 17.7 Å². The number of anilines is 2. The van der Waals surface area contributed by atoms with Crippen molar-refractivity contribution < 1.29 is 24.2 Å². The zero-order chi connectivity index (χ0) is 24.4. The summed E-state index contributed by atoms with van der Waals surface area (Å²) >= 11 is 0. The van der Waals surface area contributed by atoms with Gasteiger partial charge in [0.25, 0.3) is 11.7 Å². The van der Waals surface area contributed by atoms with Crippen LogP contribution >= 0.6 is 0 Å². The third kappa shape index (κ3) is 3.94. The van der Waals surface area contributed by atoms with E-state index in [1.165, 1.54) is 19.1 Å². The first-order valence-electron chi connectivity index (χ1n) is 10.6. The molecule has 8 heteroatoms. The molecule has 0 spiro atoms. The Morgan fingerprint density at radius 3 is 2.18 bits per heavy atom. The van der Waals surface area contributed by atoms with Crippen LogP contribution in [0.1, 0.15) is 17.2 Å². The van der Waals surface area contributed by atoms with E-state index in [9.17, 15) is 14.7 Å². The molecule has 0 aliphatic carbocycles. The summed E-state index contributed by atoms with van der Waals surface area (Å²) in [7, 11) is 6.82. The lowest BCUT2D eigenvalue weighted by Gasteiger charge is -2.26. The van der Waals surface area contributed by atoms with Crippen molar-refractivity contribution in [2.45, 2.75) is 6.04 Å². The Labute approximate surface area is 197 Å². The molecule has 8 nitrogen and oxygen atoms in total. The monoisotopic (exact) mass is 459 g/mol. The van der Waals surface area contributed by atoms with E-state index in [2.05, 4.69) is 4.98 Å². The molecule has 1 amide bonds. The molecule has 1 aromatic heterocycles. The topological polar surface area (TPSA) is 92.2 Å². The first kappa shape index (κ1) is 22.8. The Hall–Kier alpha value is -4.33. The lowest BCUT2D eigenvalue weighted by Crippen LogP contribution is -2.29. The molecule has 1 saturated heterocycles. The van der Waals surface area contributed by atoms with Crippen LogP contribution in [0.5, 0.6) is 11.5 Å². The van der Waals surface area contributed by atoms with Crippen LogP contribution in [0.25, 0.3) is 5.76 Å². The van der Waals surface area contributed by atoms with E-state index in [0.717, 1.165) is 5.69 Å². The summed E-state index contributed by atoms with van der Waals surface area (Å²) < 4.78 is 10.6. The summed E-state index contributed by atoms with van der Waals surface area (Å²) in [4.78, 5) is 33.9. The van der Waals surface area contributed by atoms with Gasteiger partial charge in [-0.2, -0.15) is 0 Å². The van der Waals surface area contributed by atoms with Gasteiger partial charge in [-0.25, -0.2) is 0 Å². The zero-order valence-electron chi connectivity index (χ0n) is 19.4. The van der Waals surface area contributed by atoms with Gasteiger partial charge in [0.2, 0.25) is 0 Å². The Morgan fingerprint density at radius 2 is 1.59 bits per heavy atom. The van der Waals surface area contributed by atoms with Gasteiger partial charge in [0.1, 0.15) is 5.76 Å². The number of carbonyl (C=O) groups is 2. The molecule has 2 heterocycles. The highest BCUT2D eigenvalue weighted by Gasteiger charge is 2.47. The molecule has 1 N–H and O–H groups in total. The normalized spacial score (nSPS) is 17.1. The van der Waals surface area contributed by atoms with E-state index in [0.29, 0.717) is 28.3 Å². The van der Waals surface area contributed by atoms with Crippen LogP contribution in [0.3, 0.4) is 0 Å². The molecule has 0 bridgehead atoms. The molecule has 1 fully saturated rings. The number of ketones is 1. The van der Waals surface area contributed by atoms with Crippen molar-refractivity contribution in [3.63, 3.8) is 0 Å². The summed E-state index contributed by atoms with van der Waals surface area (Å²) in [6.07, 6.45) is 3.17. The van der Waals surface area contributed by atoms with Gasteiger partial charge in [-0.3, -0.25) is 19.5 Å². The number of aromatic nitrogens is 1. The Kier molecular flexibility index (Phi) is 6.23. The average Bonchev–Trinajstić information content (AvgIpc) is 3.13. The molecular formula is C26H25N3O5. The van der Waals surface area contributed by atoms with Crippen molar-refractivity contribution >= 4 is 28.8 Å². The first-order chi connectivity index (χ1) is 16.4. The SMILES string of the molecule is COc1ccc(/C(O)=C2/C(=O)C(=O)N(c3ccc(N(C)C)cc3)C2c2ccncc2)cc1OC. The van der Waals surface area contributed by atoms with E-state index in [1.54, 1.807) is 54.9 Å². The largest absolute Gasteiger partial charge is 0.507 e. The van der Waals surface area contributed by atoms with Gasteiger partial charge in [0.05, 0.1) is 25.8 Å². The quantitative estimate of drug-likeness (QED) is 0.341. The van der Waals surface area contributed by atoms with Crippen LogP contribution in [-0.4, -0.2) is 50.1 Å². The highest BCUT2D eigenvalue weighted by atomic mass is 16.5. The van der Waals surface area contributed by atoms with Gasteiger partial charge >= 0.3 is 0 Å². The minimum Gasteiger partial charge on any atom is -0.507 e. The molecule has 3 aromatic rings. The van der Waals surface area contributed by atoms with Crippen molar-refractivity contribution in [3.8, 4) is 11.5 Å². The van der Waals surface area contributed by atoms with E-state index >= 15 is 0 Å². The maximum Gasteiger partial charge on any atom is 0.300 e. The number of aliphatic hydroxyl groups is 1. The number of pyridine rings is 1. The predicted octanol–water partition coefficient (Wildman–Crippen LogP) is 3.79. The molecule has 2 aromatic carbocycles. The first-order valence-corrected chi connectivity index (χ1v) is 10.6. The van der Waals surface area contributed by atoms with Crippen LogP contribution < -0.4 is 19.3 Å². The fourth-order valence-corrected chi connectivity index (χ4v) is 4.01. The van der Waals surface area contributed by atoms with Gasteiger partial charge in [-0.1, -0.05) is 0 Å². The van der Waals surface area contributed by atoms with Crippen molar-refractivity contribution in [1.82, 2.24) is 4.98 Å². The number of hydrogen-bond acceptors (Lipinski definition) is 7. The van der Waals surface area contributed by atoms with Gasteiger partial charge in [-0.05, 0) is 60.2 Å². The summed E-state index contributed by atoms with van der Waals surface area (Å²) in [6.45, 7) is 0. The van der Waals surface area contributed by atoms with Crippen LogP contribution in [-0.2, 0) is 9.59 Å². The number of nitrogens with zero attached hydrogens (tertiary/aromatic N) is 3.